The predicted molar refractivity (Wildman–Crippen MR) is 78.4 cm³/mol. The summed E-state index contributed by atoms with van der Waals surface area (Å²) in [5.41, 5.74) is 0. The second kappa shape index (κ2) is 6.47. The molecule has 2 aromatic heterocycles. The molecule has 0 saturated heterocycles. The van der Waals surface area contributed by atoms with Crippen LogP contribution in [0.5, 0.6) is 0 Å². The minimum Gasteiger partial charge on any atom is -0.381 e. The standard InChI is InChI=1S/C14H20N4OS/c1-2-19-11-12-7-17(10-14-16-4-6-20-14)9-13-15-3-5-18(13)8-12/h3-6,12H,2,7-11H2,1H3/t12-/m0/s1. The number of nitrogens with zero attached hydrogens (tertiary/aromatic N) is 4. The Morgan fingerprint density at radius 1 is 1.35 bits per heavy atom. The number of aromatic nitrogens is 3. The van der Waals surface area contributed by atoms with Gasteiger partial charge in [0, 0.05) is 49.6 Å². The summed E-state index contributed by atoms with van der Waals surface area (Å²) >= 11 is 1.71. The van der Waals surface area contributed by atoms with Gasteiger partial charge in [-0.2, -0.15) is 0 Å². The predicted octanol–water partition coefficient (Wildman–Crippen LogP) is 2.01. The molecule has 0 aliphatic carbocycles. The van der Waals surface area contributed by atoms with Gasteiger partial charge in [0.1, 0.15) is 10.8 Å². The quantitative estimate of drug-likeness (QED) is 0.845. The summed E-state index contributed by atoms with van der Waals surface area (Å²) in [6.07, 6.45) is 5.83. The highest BCUT2D eigenvalue weighted by Crippen LogP contribution is 2.18. The van der Waals surface area contributed by atoms with Crippen LogP contribution in [0.4, 0.5) is 0 Å². The molecule has 1 aliphatic rings. The van der Waals surface area contributed by atoms with Crippen molar-refractivity contribution in [1.29, 1.82) is 0 Å². The van der Waals surface area contributed by atoms with Gasteiger partial charge >= 0.3 is 0 Å². The molecule has 3 rings (SSSR count). The molecule has 0 amide bonds. The van der Waals surface area contributed by atoms with Crippen LogP contribution in [0.25, 0.3) is 0 Å². The molecule has 0 bridgehead atoms. The molecule has 0 fully saturated rings. The smallest absolute Gasteiger partial charge is 0.122 e. The number of hydrogen-bond acceptors (Lipinski definition) is 5. The molecule has 0 aromatic carbocycles. The molecule has 1 atom stereocenters. The van der Waals surface area contributed by atoms with Crippen molar-refractivity contribution in [2.45, 2.75) is 26.6 Å². The lowest BCUT2D eigenvalue weighted by atomic mass is 10.1. The number of hydrogen-bond donors (Lipinski definition) is 0. The Bertz CT molecular complexity index is 525. The molecule has 0 saturated carbocycles. The summed E-state index contributed by atoms with van der Waals surface area (Å²) < 4.78 is 7.89. The molecule has 0 spiro atoms. The van der Waals surface area contributed by atoms with E-state index in [2.05, 4.69) is 25.6 Å². The monoisotopic (exact) mass is 292 g/mol. The van der Waals surface area contributed by atoms with E-state index < -0.39 is 0 Å². The maximum atomic E-state index is 5.63. The van der Waals surface area contributed by atoms with Crippen molar-refractivity contribution in [3.8, 4) is 0 Å². The van der Waals surface area contributed by atoms with Gasteiger partial charge in [-0.3, -0.25) is 4.90 Å². The van der Waals surface area contributed by atoms with Crippen molar-refractivity contribution >= 4 is 11.3 Å². The molecule has 2 aromatic rings. The number of imidazole rings is 1. The molecule has 3 heterocycles. The van der Waals surface area contributed by atoms with Crippen molar-refractivity contribution in [1.82, 2.24) is 19.4 Å². The normalized spacial score (nSPS) is 19.8. The van der Waals surface area contributed by atoms with Crippen LogP contribution in [0.15, 0.2) is 24.0 Å². The largest absolute Gasteiger partial charge is 0.381 e. The average molecular weight is 292 g/mol. The molecular formula is C14H20N4OS. The van der Waals surface area contributed by atoms with E-state index in [-0.39, 0.29) is 0 Å². The highest BCUT2D eigenvalue weighted by Gasteiger charge is 2.22. The van der Waals surface area contributed by atoms with Crippen molar-refractivity contribution in [2.75, 3.05) is 19.8 Å². The van der Waals surface area contributed by atoms with Crippen molar-refractivity contribution < 1.29 is 4.74 Å². The number of fused-ring (bicyclic) bond motifs is 1. The van der Waals surface area contributed by atoms with Crippen LogP contribution in [0.3, 0.4) is 0 Å². The van der Waals surface area contributed by atoms with Gasteiger partial charge in [0.25, 0.3) is 0 Å². The minimum atomic E-state index is 0.505. The van der Waals surface area contributed by atoms with Gasteiger partial charge in [-0.15, -0.1) is 11.3 Å². The highest BCUT2D eigenvalue weighted by molar-refractivity contribution is 7.09. The average Bonchev–Trinajstić information content (AvgIpc) is 3.06. The third-order valence-electron chi connectivity index (χ3n) is 3.54. The van der Waals surface area contributed by atoms with E-state index in [1.165, 1.54) is 5.01 Å². The Labute approximate surface area is 123 Å². The second-order valence-corrected chi connectivity index (χ2v) is 6.10. The van der Waals surface area contributed by atoms with E-state index in [9.17, 15) is 0 Å². The molecular weight excluding hydrogens is 272 g/mol. The summed E-state index contributed by atoms with van der Waals surface area (Å²) in [5, 5.41) is 3.20. The number of rotatable bonds is 5. The Kier molecular flexibility index (Phi) is 4.44. The van der Waals surface area contributed by atoms with E-state index >= 15 is 0 Å². The Morgan fingerprint density at radius 2 is 2.30 bits per heavy atom. The Morgan fingerprint density at radius 3 is 3.10 bits per heavy atom. The van der Waals surface area contributed by atoms with Crippen LogP contribution in [-0.4, -0.2) is 39.2 Å². The van der Waals surface area contributed by atoms with Gasteiger partial charge in [0.05, 0.1) is 19.7 Å². The molecule has 108 valence electrons. The lowest BCUT2D eigenvalue weighted by molar-refractivity contribution is 0.0851. The molecule has 5 nitrogen and oxygen atoms in total. The summed E-state index contributed by atoms with van der Waals surface area (Å²) in [7, 11) is 0. The molecule has 6 heteroatoms. The van der Waals surface area contributed by atoms with Crippen LogP contribution in [0, 0.1) is 5.92 Å². The third kappa shape index (κ3) is 3.26. The van der Waals surface area contributed by atoms with Gasteiger partial charge < -0.3 is 9.30 Å². The fourth-order valence-corrected chi connectivity index (χ4v) is 3.31. The molecule has 0 radical (unpaired) electrons. The first-order valence-corrected chi connectivity index (χ1v) is 7.91. The van der Waals surface area contributed by atoms with Crippen molar-refractivity contribution in [3.05, 3.63) is 34.8 Å². The lowest BCUT2D eigenvalue weighted by Crippen LogP contribution is -2.30. The van der Waals surface area contributed by atoms with E-state index in [0.29, 0.717) is 5.92 Å². The highest BCUT2D eigenvalue weighted by atomic mass is 32.1. The van der Waals surface area contributed by atoms with Gasteiger partial charge in [-0.05, 0) is 6.92 Å². The zero-order valence-corrected chi connectivity index (χ0v) is 12.6. The van der Waals surface area contributed by atoms with Gasteiger partial charge in [0.15, 0.2) is 0 Å². The third-order valence-corrected chi connectivity index (χ3v) is 4.30. The Balaban J connectivity index is 1.73. The topological polar surface area (TPSA) is 43.2 Å². The van der Waals surface area contributed by atoms with Crippen molar-refractivity contribution in [3.63, 3.8) is 0 Å². The van der Waals surface area contributed by atoms with E-state index in [1.54, 1.807) is 11.3 Å². The first-order valence-electron chi connectivity index (χ1n) is 7.03. The summed E-state index contributed by atoms with van der Waals surface area (Å²) in [4.78, 5) is 11.3. The SMILES string of the molecule is CCOC[C@H]1CN(Cc2nccs2)Cc2nccn2C1. The fourth-order valence-electron chi connectivity index (χ4n) is 2.66. The second-order valence-electron chi connectivity index (χ2n) is 5.12. The fraction of sp³-hybridized carbons (Fsp3) is 0.571. The maximum absolute atomic E-state index is 5.63. The van der Waals surface area contributed by atoms with E-state index in [0.717, 1.165) is 45.2 Å². The van der Waals surface area contributed by atoms with Crippen molar-refractivity contribution in [2.24, 2.45) is 5.92 Å². The summed E-state index contributed by atoms with van der Waals surface area (Å²) in [6.45, 7) is 7.43. The maximum Gasteiger partial charge on any atom is 0.122 e. The minimum absolute atomic E-state index is 0.505. The van der Waals surface area contributed by atoms with Gasteiger partial charge in [0.2, 0.25) is 0 Å². The zero-order chi connectivity index (χ0) is 13.8. The lowest BCUT2D eigenvalue weighted by Gasteiger charge is -2.22. The first-order chi connectivity index (χ1) is 9.85. The molecule has 0 unspecified atom stereocenters. The summed E-state index contributed by atoms with van der Waals surface area (Å²) in [6, 6.07) is 0. The van der Waals surface area contributed by atoms with Crippen LogP contribution < -0.4 is 0 Å². The Hall–Kier alpha value is -1.24. The van der Waals surface area contributed by atoms with Crippen LogP contribution in [0.1, 0.15) is 17.8 Å². The molecule has 1 aliphatic heterocycles. The van der Waals surface area contributed by atoms with Gasteiger partial charge in [-0.1, -0.05) is 0 Å². The van der Waals surface area contributed by atoms with Crippen LogP contribution in [0.2, 0.25) is 0 Å². The van der Waals surface area contributed by atoms with Crippen LogP contribution in [-0.2, 0) is 24.4 Å². The number of thiazole rings is 1. The van der Waals surface area contributed by atoms with E-state index in [1.807, 2.05) is 24.7 Å². The molecule has 20 heavy (non-hydrogen) atoms. The number of ether oxygens (including phenoxy) is 1. The van der Waals surface area contributed by atoms with Crippen LogP contribution >= 0.6 is 11.3 Å². The van der Waals surface area contributed by atoms with Gasteiger partial charge in [-0.25, -0.2) is 9.97 Å². The summed E-state index contributed by atoms with van der Waals surface area (Å²) in [5.74, 6) is 1.64. The van der Waals surface area contributed by atoms with E-state index in [4.69, 9.17) is 4.74 Å². The molecule has 0 N–H and O–H groups in total. The first kappa shape index (κ1) is 13.7. The zero-order valence-electron chi connectivity index (χ0n) is 11.7.